The van der Waals surface area contributed by atoms with E-state index in [9.17, 15) is 9.90 Å². The second kappa shape index (κ2) is 12.9. The van der Waals surface area contributed by atoms with E-state index in [0.717, 1.165) is 31.5 Å². The summed E-state index contributed by atoms with van der Waals surface area (Å²) < 4.78 is 11.3. The average molecular weight is 433 g/mol. The van der Waals surface area contributed by atoms with Crippen molar-refractivity contribution in [3.05, 3.63) is 23.8 Å². The molecule has 0 saturated carbocycles. The van der Waals surface area contributed by atoms with Crippen molar-refractivity contribution in [2.24, 2.45) is 0 Å². The lowest BCUT2D eigenvalue weighted by Gasteiger charge is -2.29. The van der Waals surface area contributed by atoms with Gasteiger partial charge in [-0.15, -0.1) is 0 Å². The molecule has 1 saturated heterocycles. The van der Waals surface area contributed by atoms with Crippen LogP contribution in [0.4, 0.5) is 0 Å². The van der Waals surface area contributed by atoms with Gasteiger partial charge in [0.05, 0.1) is 6.04 Å². The predicted molar refractivity (Wildman–Crippen MR) is 123 cm³/mol. The fourth-order valence-electron chi connectivity index (χ4n) is 4.47. The summed E-state index contributed by atoms with van der Waals surface area (Å²) in [6, 6.07) is 5.23. The van der Waals surface area contributed by atoms with Gasteiger partial charge in [-0.2, -0.15) is 0 Å². The number of likely N-dealkylation sites (tertiary alicyclic amines) is 1. The smallest absolute Gasteiger partial charge is 0.220 e. The minimum absolute atomic E-state index is 0.0364. The quantitative estimate of drug-likeness (QED) is 0.457. The standard InChI is InChI=1S/C25H40N2O4/c1-2-3-4-5-6-7-8-11-24(28)26-21(19-27-14-9-10-15-27)25(29)20-12-13-22-23(18-20)31-17-16-30-22/h12-13,18,21,25,29H,2-11,14-17,19H2,1H3,(H,26,28)/t21-,25-/m1/s1. The van der Waals surface area contributed by atoms with Crippen LogP contribution in [0.1, 0.15) is 82.8 Å². The number of ether oxygens (including phenoxy) is 2. The highest BCUT2D eigenvalue weighted by atomic mass is 16.6. The Bertz CT molecular complexity index is 675. The van der Waals surface area contributed by atoms with Crippen LogP contribution in [-0.2, 0) is 4.79 Å². The van der Waals surface area contributed by atoms with Gasteiger partial charge in [0.2, 0.25) is 5.91 Å². The molecule has 0 aliphatic carbocycles. The van der Waals surface area contributed by atoms with Crippen molar-refractivity contribution < 1.29 is 19.4 Å². The van der Waals surface area contributed by atoms with Gasteiger partial charge in [0.15, 0.2) is 11.5 Å². The molecule has 0 spiro atoms. The minimum Gasteiger partial charge on any atom is -0.486 e. The second-order valence-corrected chi connectivity index (χ2v) is 8.90. The van der Waals surface area contributed by atoms with Gasteiger partial charge in [0.25, 0.3) is 0 Å². The SMILES string of the molecule is CCCCCCCCCC(=O)N[C@H](CN1CCCC1)[C@H](O)c1ccc2c(c1)OCCO2. The highest BCUT2D eigenvalue weighted by Crippen LogP contribution is 2.33. The number of amides is 1. The van der Waals surface area contributed by atoms with Gasteiger partial charge in [-0.25, -0.2) is 0 Å². The van der Waals surface area contributed by atoms with Crippen molar-refractivity contribution in [1.82, 2.24) is 10.2 Å². The van der Waals surface area contributed by atoms with Crippen LogP contribution in [0.5, 0.6) is 11.5 Å². The molecule has 0 radical (unpaired) electrons. The predicted octanol–water partition coefficient (Wildman–Crippen LogP) is 4.21. The molecule has 0 unspecified atom stereocenters. The second-order valence-electron chi connectivity index (χ2n) is 8.90. The summed E-state index contributed by atoms with van der Waals surface area (Å²) in [6.07, 6.45) is 10.4. The molecule has 2 aliphatic rings. The van der Waals surface area contributed by atoms with E-state index in [1.165, 1.54) is 44.9 Å². The number of aliphatic hydroxyl groups is 1. The summed E-state index contributed by atoms with van der Waals surface area (Å²) in [5.74, 6) is 1.41. The number of hydrogen-bond donors (Lipinski definition) is 2. The van der Waals surface area contributed by atoms with E-state index in [0.29, 0.717) is 37.7 Å². The summed E-state index contributed by atoms with van der Waals surface area (Å²) in [4.78, 5) is 15.0. The molecule has 2 aliphatic heterocycles. The van der Waals surface area contributed by atoms with E-state index >= 15 is 0 Å². The van der Waals surface area contributed by atoms with Gasteiger partial charge in [-0.3, -0.25) is 4.79 Å². The number of rotatable bonds is 13. The summed E-state index contributed by atoms with van der Waals surface area (Å²) in [5, 5.41) is 14.3. The fraction of sp³-hybridized carbons (Fsp3) is 0.720. The normalized spacial score (nSPS) is 18.0. The van der Waals surface area contributed by atoms with Gasteiger partial charge in [0.1, 0.15) is 19.3 Å². The molecule has 2 atom stereocenters. The number of aliphatic hydroxyl groups excluding tert-OH is 1. The van der Waals surface area contributed by atoms with Crippen LogP contribution in [0.2, 0.25) is 0 Å². The summed E-state index contributed by atoms with van der Waals surface area (Å²) in [7, 11) is 0. The molecule has 0 aromatic heterocycles. The van der Waals surface area contributed by atoms with Gasteiger partial charge in [-0.1, -0.05) is 51.5 Å². The van der Waals surface area contributed by atoms with Crippen LogP contribution >= 0.6 is 0 Å². The van der Waals surface area contributed by atoms with Crippen molar-refractivity contribution in [3.63, 3.8) is 0 Å². The number of carbonyl (C=O) groups excluding carboxylic acids is 1. The number of nitrogens with zero attached hydrogens (tertiary/aromatic N) is 1. The first-order valence-electron chi connectivity index (χ1n) is 12.3. The molecular weight excluding hydrogens is 392 g/mol. The van der Waals surface area contributed by atoms with E-state index in [1.807, 2.05) is 18.2 Å². The highest BCUT2D eigenvalue weighted by molar-refractivity contribution is 5.76. The zero-order valence-electron chi connectivity index (χ0n) is 19.1. The maximum absolute atomic E-state index is 12.6. The van der Waals surface area contributed by atoms with E-state index in [1.54, 1.807) is 0 Å². The maximum Gasteiger partial charge on any atom is 0.220 e. The fourth-order valence-corrected chi connectivity index (χ4v) is 4.47. The summed E-state index contributed by atoms with van der Waals surface area (Å²) in [6.45, 7) is 6.00. The Morgan fingerprint density at radius 1 is 1.03 bits per heavy atom. The molecular formula is C25H40N2O4. The molecule has 3 rings (SSSR count). The molecule has 1 aromatic carbocycles. The average Bonchev–Trinajstić information content (AvgIpc) is 3.30. The van der Waals surface area contributed by atoms with E-state index in [4.69, 9.17) is 9.47 Å². The number of unbranched alkanes of at least 4 members (excludes halogenated alkanes) is 6. The molecule has 174 valence electrons. The van der Waals surface area contributed by atoms with Crippen molar-refractivity contribution in [2.45, 2.75) is 83.3 Å². The monoisotopic (exact) mass is 432 g/mol. The first-order valence-corrected chi connectivity index (χ1v) is 12.3. The third-order valence-electron chi connectivity index (χ3n) is 6.30. The molecule has 1 amide bonds. The van der Waals surface area contributed by atoms with Gasteiger partial charge in [0, 0.05) is 13.0 Å². The summed E-state index contributed by atoms with van der Waals surface area (Å²) in [5.41, 5.74) is 0.754. The molecule has 31 heavy (non-hydrogen) atoms. The van der Waals surface area contributed by atoms with Crippen LogP contribution in [-0.4, -0.2) is 54.8 Å². The van der Waals surface area contributed by atoms with Crippen LogP contribution < -0.4 is 14.8 Å². The topological polar surface area (TPSA) is 71.0 Å². The van der Waals surface area contributed by atoms with Crippen LogP contribution in [0.15, 0.2) is 18.2 Å². The zero-order valence-corrected chi connectivity index (χ0v) is 19.1. The van der Waals surface area contributed by atoms with Gasteiger partial charge < -0.3 is 24.8 Å². The first-order chi connectivity index (χ1) is 15.2. The molecule has 2 N–H and O–H groups in total. The van der Waals surface area contributed by atoms with E-state index in [-0.39, 0.29) is 11.9 Å². The van der Waals surface area contributed by atoms with Gasteiger partial charge >= 0.3 is 0 Å². The Morgan fingerprint density at radius 2 is 1.71 bits per heavy atom. The van der Waals surface area contributed by atoms with Crippen LogP contribution in [0, 0.1) is 0 Å². The third-order valence-corrected chi connectivity index (χ3v) is 6.30. The lowest BCUT2D eigenvalue weighted by Crippen LogP contribution is -2.46. The van der Waals surface area contributed by atoms with E-state index in [2.05, 4.69) is 17.1 Å². The number of benzene rings is 1. The van der Waals surface area contributed by atoms with Crippen LogP contribution in [0.25, 0.3) is 0 Å². The maximum atomic E-state index is 12.6. The molecule has 1 aromatic rings. The third kappa shape index (κ3) is 7.69. The zero-order chi connectivity index (χ0) is 21.9. The lowest BCUT2D eigenvalue weighted by atomic mass is 10.0. The van der Waals surface area contributed by atoms with Gasteiger partial charge in [-0.05, 0) is 50.0 Å². The molecule has 1 fully saturated rings. The molecule has 6 heteroatoms. The van der Waals surface area contributed by atoms with Crippen LogP contribution in [0.3, 0.4) is 0 Å². The first kappa shape index (κ1) is 23.9. The number of hydrogen-bond acceptors (Lipinski definition) is 5. The Balaban J connectivity index is 1.54. The highest BCUT2D eigenvalue weighted by Gasteiger charge is 2.27. The van der Waals surface area contributed by atoms with Crippen molar-refractivity contribution in [3.8, 4) is 11.5 Å². The molecule has 2 heterocycles. The molecule has 0 bridgehead atoms. The largest absolute Gasteiger partial charge is 0.486 e. The van der Waals surface area contributed by atoms with Crippen molar-refractivity contribution >= 4 is 5.91 Å². The Morgan fingerprint density at radius 3 is 2.45 bits per heavy atom. The lowest BCUT2D eigenvalue weighted by molar-refractivity contribution is -0.123. The summed E-state index contributed by atoms with van der Waals surface area (Å²) >= 11 is 0. The Labute approximate surface area is 187 Å². The van der Waals surface area contributed by atoms with E-state index < -0.39 is 6.10 Å². The Hall–Kier alpha value is -1.79. The minimum atomic E-state index is -0.783. The van der Waals surface area contributed by atoms with Crippen molar-refractivity contribution in [2.75, 3.05) is 32.8 Å². The number of carbonyl (C=O) groups is 1. The van der Waals surface area contributed by atoms with Crippen molar-refractivity contribution in [1.29, 1.82) is 0 Å². The number of fused-ring (bicyclic) bond motifs is 1. The number of nitrogens with one attached hydrogen (secondary N) is 1. The molecule has 6 nitrogen and oxygen atoms in total. The Kier molecular flexibility index (Phi) is 9.94.